The Labute approximate surface area is 178 Å². The Hall–Kier alpha value is -3.13. The maximum absolute atomic E-state index is 12.7. The molecule has 0 aliphatic rings. The van der Waals surface area contributed by atoms with Crippen LogP contribution in [-0.4, -0.2) is 37.8 Å². The molecule has 3 aromatic rings. The van der Waals surface area contributed by atoms with E-state index < -0.39 is 5.97 Å². The van der Waals surface area contributed by atoms with Crippen molar-refractivity contribution in [1.82, 2.24) is 4.57 Å². The molecule has 0 bridgehead atoms. The Bertz CT molecular complexity index is 1180. The second-order valence-corrected chi connectivity index (χ2v) is 7.83. The summed E-state index contributed by atoms with van der Waals surface area (Å²) in [6, 6.07) is 9.36. The van der Waals surface area contributed by atoms with E-state index in [4.69, 9.17) is 14.2 Å². The lowest BCUT2D eigenvalue weighted by atomic mass is 10.1. The summed E-state index contributed by atoms with van der Waals surface area (Å²) >= 11 is 1.37. The number of methoxy groups -OCH3 is 3. The predicted octanol–water partition coefficient (Wildman–Crippen LogP) is 3.18. The van der Waals surface area contributed by atoms with Crippen LogP contribution in [0.15, 0.2) is 35.3 Å². The minimum absolute atomic E-state index is 0.0124. The standard InChI is InChI=1S/C22H24N2O5S/c1-13-8-16-19(9-14(13)2)30-22(24(16)12-21(26)29-5)23-20(25)11-15-6-7-17(27-3)18(10-15)28-4/h6-10H,11-12H2,1-5H3. The third-order valence-electron chi connectivity index (χ3n) is 4.84. The van der Waals surface area contributed by atoms with Crippen molar-refractivity contribution >= 4 is 33.4 Å². The van der Waals surface area contributed by atoms with Crippen LogP contribution in [0.2, 0.25) is 0 Å². The molecule has 158 valence electrons. The minimum Gasteiger partial charge on any atom is -0.493 e. The third-order valence-corrected chi connectivity index (χ3v) is 5.88. The lowest BCUT2D eigenvalue weighted by molar-refractivity contribution is -0.141. The van der Waals surface area contributed by atoms with E-state index in [0.717, 1.165) is 26.9 Å². The van der Waals surface area contributed by atoms with E-state index in [-0.39, 0.29) is 18.9 Å². The summed E-state index contributed by atoms with van der Waals surface area (Å²) in [6.45, 7) is 4.02. The van der Waals surface area contributed by atoms with Crippen LogP contribution in [0, 0.1) is 13.8 Å². The topological polar surface area (TPSA) is 79.1 Å². The second kappa shape index (κ2) is 9.13. The number of aryl methyl sites for hydroxylation is 2. The van der Waals surface area contributed by atoms with Gasteiger partial charge in [0.15, 0.2) is 16.3 Å². The number of hydrogen-bond donors (Lipinski definition) is 0. The third kappa shape index (κ3) is 4.54. The van der Waals surface area contributed by atoms with Crippen molar-refractivity contribution in [3.05, 3.63) is 51.8 Å². The average molecular weight is 429 g/mol. The first-order chi connectivity index (χ1) is 14.4. The number of carbonyl (C=O) groups is 2. The zero-order chi connectivity index (χ0) is 21.8. The molecular formula is C22H24N2O5S. The first-order valence-electron chi connectivity index (χ1n) is 9.32. The van der Waals surface area contributed by atoms with Gasteiger partial charge in [0.1, 0.15) is 6.54 Å². The molecule has 3 rings (SSSR count). The summed E-state index contributed by atoms with van der Waals surface area (Å²) < 4.78 is 18.0. The van der Waals surface area contributed by atoms with E-state index in [1.807, 2.05) is 26.0 Å². The molecule has 1 aromatic heterocycles. The number of rotatable bonds is 6. The zero-order valence-electron chi connectivity index (χ0n) is 17.6. The van der Waals surface area contributed by atoms with Gasteiger partial charge in [0.2, 0.25) is 0 Å². The molecule has 1 heterocycles. The summed E-state index contributed by atoms with van der Waals surface area (Å²) in [4.78, 5) is 29.4. The molecule has 8 heteroatoms. The first kappa shape index (κ1) is 21.6. The highest BCUT2D eigenvalue weighted by Gasteiger charge is 2.14. The predicted molar refractivity (Wildman–Crippen MR) is 115 cm³/mol. The zero-order valence-corrected chi connectivity index (χ0v) is 18.5. The Morgan fingerprint density at radius 1 is 1.00 bits per heavy atom. The van der Waals surface area contributed by atoms with Gasteiger partial charge in [0.05, 0.1) is 38.0 Å². The molecule has 0 fully saturated rings. The molecule has 2 aromatic carbocycles. The van der Waals surface area contributed by atoms with Gasteiger partial charge in [-0.05, 0) is 54.8 Å². The number of aromatic nitrogens is 1. The molecule has 7 nitrogen and oxygen atoms in total. The van der Waals surface area contributed by atoms with Crippen molar-refractivity contribution in [3.63, 3.8) is 0 Å². The van der Waals surface area contributed by atoms with Crippen LogP contribution in [0.3, 0.4) is 0 Å². The minimum atomic E-state index is -0.401. The van der Waals surface area contributed by atoms with Gasteiger partial charge < -0.3 is 18.8 Å². The largest absolute Gasteiger partial charge is 0.493 e. The van der Waals surface area contributed by atoms with Crippen LogP contribution in [0.5, 0.6) is 11.5 Å². The molecule has 0 aliphatic heterocycles. The molecule has 0 spiro atoms. The maximum Gasteiger partial charge on any atom is 0.325 e. The number of nitrogens with zero attached hydrogens (tertiary/aromatic N) is 2. The normalized spacial score (nSPS) is 11.6. The van der Waals surface area contributed by atoms with Crippen LogP contribution in [0.25, 0.3) is 10.2 Å². The number of esters is 1. The molecule has 0 aliphatic carbocycles. The van der Waals surface area contributed by atoms with E-state index in [1.54, 1.807) is 37.0 Å². The van der Waals surface area contributed by atoms with E-state index in [9.17, 15) is 9.59 Å². The van der Waals surface area contributed by atoms with E-state index in [1.165, 1.54) is 18.4 Å². The van der Waals surface area contributed by atoms with Gasteiger partial charge in [0.25, 0.3) is 5.91 Å². The van der Waals surface area contributed by atoms with Crippen LogP contribution in [-0.2, 0) is 27.3 Å². The van der Waals surface area contributed by atoms with E-state index >= 15 is 0 Å². The van der Waals surface area contributed by atoms with Crippen molar-refractivity contribution in [2.75, 3.05) is 21.3 Å². The van der Waals surface area contributed by atoms with Gasteiger partial charge in [-0.15, -0.1) is 0 Å². The van der Waals surface area contributed by atoms with Crippen molar-refractivity contribution < 1.29 is 23.8 Å². The second-order valence-electron chi connectivity index (χ2n) is 6.82. The molecule has 1 amide bonds. The number of carbonyl (C=O) groups excluding carboxylic acids is 2. The number of hydrogen-bond acceptors (Lipinski definition) is 6. The fraction of sp³-hybridized carbons (Fsp3) is 0.318. The molecule has 0 N–H and O–H groups in total. The summed E-state index contributed by atoms with van der Waals surface area (Å²) in [7, 11) is 4.44. The number of benzene rings is 2. The Kier molecular flexibility index (Phi) is 6.56. The van der Waals surface area contributed by atoms with Gasteiger partial charge >= 0.3 is 5.97 Å². The fourth-order valence-electron chi connectivity index (χ4n) is 3.06. The van der Waals surface area contributed by atoms with Gasteiger partial charge in [0, 0.05) is 0 Å². The van der Waals surface area contributed by atoms with Crippen LogP contribution < -0.4 is 14.3 Å². The molecule has 0 saturated carbocycles. The molecule has 0 atom stereocenters. The number of fused-ring (bicyclic) bond motifs is 1. The Morgan fingerprint density at radius 3 is 2.37 bits per heavy atom. The lowest BCUT2D eigenvalue weighted by Gasteiger charge is -2.08. The molecule has 0 unspecified atom stereocenters. The highest BCUT2D eigenvalue weighted by molar-refractivity contribution is 7.16. The SMILES string of the molecule is COC(=O)Cn1c(=NC(=O)Cc2ccc(OC)c(OC)c2)sc2cc(C)c(C)cc21. The van der Waals surface area contributed by atoms with E-state index in [2.05, 4.69) is 4.99 Å². The summed E-state index contributed by atoms with van der Waals surface area (Å²) in [5, 5.41) is 0. The van der Waals surface area contributed by atoms with Gasteiger partial charge in [-0.1, -0.05) is 17.4 Å². The lowest BCUT2D eigenvalue weighted by Crippen LogP contribution is -2.22. The smallest absolute Gasteiger partial charge is 0.325 e. The highest BCUT2D eigenvalue weighted by atomic mass is 32.1. The molecule has 30 heavy (non-hydrogen) atoms. The van der Waals surface area contributed by atoms with Crippen molar-refractivity contribution in [3.8, 4) is 11.5 Å². The number of thiazole rings is 1. The number of ether oxygens (including phenoxy) is 3. The Morgan fingerprint density at radius 2 is 1.70 bits per heavy atom. The van der Waals surface area contributed by atoms with Crippen molar-refractivity contribution in [2.24, 2.45) is 4.99 Å². The molecule has 0 radical (unpaired) electrons. The fourth-order valence-corrected chi connectivity index (χ4v) is 4.19. The van der Waals surface area contributed by atoms with Gasteiger partial charge in [-0.3, -0.25) is 9.59 Å². The van der Waals surface area contributed by atoms with Crippen molar-refractivity contribution in [2.45, 2.75) is 26.8 Å². The van der Waals surface area contributed by atoms with Gasteiger partial charge in [-0.2, -0.15) is 4.99 Å². The maximum atomic E-state index is 12.7. The summed E-state index contributed by atoms with van der Waals surface area (Å²) in [5.41, 5.74) is 3.85. The highest BCUT2D eigenvalue weighted by Crippen LogP contribution is 2.28. The van der Waals surface area contributed by atoms with Crippen LogP contribution >= 0.6 is 11.3 Å². The van der Waals surface area contributed by atoms with Crippen LogP contribution in [0.4, 0.5) is 0 Å². The van der Waals surface area contributed by atoms with Crippen LogP contribution in [0.1, 0.15) is 16.7 Å². The van der Waals surface area contributed by atoms with Gasteiger partial charge in [-0.25, -0.2) is 0 Å². The average Bonchev–Trinajstić information content (AvgIpc) is 3.03. The molecular weight excluding hydrogens is 404 g/mol. The Balaban J connectivity index is 2.01. The molecule has 0 saturated heterocycles. The summed E-state index contributed by atoms with van der Waals surface area (Å²) in [6.07, 6.45) is 0.102. The first-order valence-corrected chi connectivity index (χ1v) is 10.1. The monoisotopic (exact) mass is 428 g/mol. The van der Waals surface area contributed by atoms with E-state index in [0.29, 0.717) is 16.3 Å². The van der Waals surface area contributed by atoms with Crippen molar-refractivity contribution in [1.29, 1.82) is 0 Å². The summed E-state index contributed by atoms with van der Waals surface area (Å²) in [5.74, 6) is 0.427. The quantitative estimate of drug-likeness (QED) is 0.564. The number of amides is 1.